The van der Waals surface area contributed by atoms with Gasteiger partial charge < -0.3 is 9.80 Å². The highest BCUT2D eigenvalue weighted by molar-refractivity contribution is 5.98. The summed E-state index contributed by atoms with van der Waals surface area (Å²) in [5.74, 6) is 0.173. The maximum atomic E-state index is 12.4. The van der Waals surface area contributed by atoms with Gasteiger partial charge in [0, 0.05) is 51.5 Å². The lowest BCUT2D eigenvalue weighted by Gasteiger charge is -2.32. The highest BCUT2D eigenvalue weighted by Crippen LogP contribution is 2.20. The van der Waals surface area contributed by atoms with Gasteiger partial charge >= 0.3 is 0 Å². The molecule has 0 aliphatic carbocycles. The molecule has 2 rings (SSSR count). The van der Waals surface area contributed by atoms with Crippen LogP contribution >= 0.6 is 0 Å². The Kier molecular flexibility index (Phi) is 7.37. The van der Waals surface area contributed by atoms with E-state index in [1.165, 1.54) is 5.56 Å². The number of hydrogen-bond donors (Lipinski definition) is 0. The summed E-state index contributed by atoms with van der Waals surface area (Å²) in [6.45, 7) is 3.33. The van der Waals surface area contributed by atoms with Crippen molar-refractivity contribution in [3.05, 3.63) is 35.4 Å². The molecule has 1 aliphatic heterocycles. The summed E-state index contributed by atoms with van der Waals surface area (Å²) in [7, 11) is 3.53. The molecule has 2 amide bonds. The molecule has 0 saturated carbocycles. The number of amides is 2. The first-order chi connectivity index (χ1) is 12.4. The van der Waals surface area contributed by atoms with Crippen LogP contribution in [0.15, 0.2) is 24.3 Å². The highest BCUT2D eigenvalue weighted by atomic mass is 16.2. The lowest BCUT2D eigenvalue weighted by molar-refractivity contribution is -0.139. The number of likely N-dealkylation sites (tertiary alicyclic amines) is 1. The van der Waals surface area contributed by atoms with E-state index >= 15 is 0 Å². The molecular weight excluding hydrogens is 328 g/mol. The highest BCUT2D eigenvalue weighted by Gasteiger charge is 2.28. The van der Waals surface area contributed by atoms with Gasteiger partial charge in [-0.1, -0.05) is 37.6 Å². The lowest BCUT2D eigenvalue weighted by Crippen LogP contribution is -2.42. The third kappa shape index (κ3) is 5.41. The number of rotatable bonds is 7. The van der Waals surface area contributed by atoms with Crippen LogP contribution in [0.3, 0.4) is 0 Å². The SMILES string of the molecule is CCCc1ccc(C(=O)CCC(=O)N2CCC(C(=O)N(C)C)CC2)cc1. The van der Waals surface area contributed by atoms with Gasteiger partial charge in [-0.25, -0.2) is 0 Å². The molecular formula is C21H30N2O3. The Bertz CT molecular complexity index is 629. The molecule has 1 aliphatic rings. The third-order valence-electron chi connectivity index (χ3n) is 5.02. The normalized spacial score (nSPS) is 15.0. The van der Waals surface area contributed by atoms with Gasteiger partial charge in [0.2, 0.25) is 11.8 Å². The first kappa shape index (κ1) is 20.1. The standard InChI is InChI=1S/C21H30N2O3/c1-4-5-16-6-8-17(9-7-16)19(24)10-11-20(25)23-14-12-18(13-15-23)21(26)22(2)3/h6-9,18H,4-5,10-15H2,1-3H3. The molecule has 1 saturated heterocycles. The fourth-order valence-electron chi connectivity index (χ4n) is 3.41. The minimum absolute atomic E-state index is 0.0108. The van der Waals surface area contributed by atoms with E-state index in [-0.39, 0.29) is 36.4 Å². The van der Waals surface area contributed by atoms with E-state index < -0.39 is 0 Å². The van der Waals surface area contributed by atoms with E-state index in [9.17, 15) is 14.4 Å². The third-order valence-corrected chi connectivity index (χ3v) is 5.02. The maximum absolute atomic E-state index is 12.4. The zero-order valence-corrected chi connectivity index (χ0v) is 16.2. The number of hydrogen-bond acceptors (Lipinski definition) is 3. The lowest BCUT2D eigenvalue weighted by atomic mass is 9.95. The average molecular weight is 358 g/mol. The Labute approximate surface area is 156 Å². The summed E-state index contributed by atoms with van der Waals surface area (Å²) in [5, 5.41) is 0. The molecule has 0 radical (unpaired) electrons. The molecule has 1 fully saturated rings. The molecule has 0 aromatic heterocycles. The Morgan fingerprint density at radius 3 is 2.19 bits per heavy atom. The summed E-state index contributed by atoms with van der Waals surface area (Å²) in [4.78, 5) is 40.1. The average Bonchev–Trinajstić information content (AvgIpc) is 2.66. The second-order valence-electron chi connectivity index (χ2n) is 7.26. The van der Waals surface area contributed by atoms with Crippen molar-refractivity contribution in [2.75, 3.05) is 27.2 Å². The summed E-state index contributed by atoms with van der Waals surface area (Å²) in [5.41, 5.74) is 1.91. The van der Waals surface area contributed by atoms with Crippen molar-refractivity contribution in [1.29, 1.82) is 0 Å². The zero-order chi connectivity index (χ0) is 19.1. The first-order valence-electron chi connectivity index (χ1n) is 9.53. The van der Waals surface area contributed by atoms with Gasteiger partial charge in [-0.15, -0.1) is 0 Å². The van der Waals surface area contributed by atoms with Gasteiger partial charge in [-0.3, -0.25) is 14.4 Å². The van der Waals surface area contributed by atoms with E-state index in [4.69, 9.17) is 0 Å². The van der Waals surface area contributed by atoms with E-state index in [0.717, 1.165) is 12.8 Å². The number of aryl methyl sites for hydroxylation is 1. The van der Waals surface area contributed by atoms with Crippen molar-refractivity contribution in [1.82, 2.24) is 9.80 Å². The van der Waals surface area contributed by atoms with Crippen LogP contribution in [0, 0.1) is 5.92 Å². The van der Waals surface area contributed by atoms with Crippen LogP contribution in [0.25, 0.3) is 0 Å². The number of carbonyl (C=O) groups excluding carboxylic acids is 3. The molecule has 1 aromatic rings. The Hall–Kier alpha value is -2.17. The van der Waals surface area contributed by atoms with Crippen LogP contribution in [0.1, 0.15) is 54.9 Å². The van der Waals surface area contributed by atoms with Crippen molar-refractivity contribution >= 4 is 17.6 Å². The second kappa shape index (κ2) is 9.51. The molecule has 0 unspecified atom stereocenters. The fraction of sp³-hybridized carbons (Fsp3) is 0.571. The Morgan fingerprint density at radius 2 is 1.65 bits per heavy atom. The number of Topliss-reactive ketones (excluding diaryl/α,β-unsaturated/α-hetero) is 1. The first-order valence-corrected chi connectivity index (χ1v) is 9.53. The molecule has 26 heavy (non-hydrogen) atoms. The summed E-state index contributed by atoms with van der Waals surface area (Å²) < 4.78 is 0. The molecule has 5 nitrogen and oxygen atoms in total. The predicted molar refractivity (Wildman–Crippen MR) is 102 cm³/mol. The number of nitrogens with zero attached hydrogens (tertiary/aromatic N) is 2. The zero-order valence-electron chi connectivity index (χ0n) is 16.2. The molecule has 1 aromatic carbocycles. The van der Waals surface area contributed by atoms with Gasteiger partial charge in [0.1, 0.15) is 0 Å². The van der Waals surface area contributed by atoms with Crippen molar-refractivity contribution in [3.8, 4) is 0 Å². The quantitative estimate of drug-likeness (QED) is 0.704. The van der Waals surface area contributed by atoms with Crippen LogP contribution < -0.4 is 0 Å². The molecule has 0 N–H and O–H groups in total. The van der Waals surface area contributed by atoms with Crippen molar-refractivity contribution in [2.45, 2.75) is 45.4 Å². The van der Waals surface area contributed by atoms with Gasteiger partial charge in [-0.2, -0.15) is 0 Å². The van der Waals surface area contributed by atoms with E-state index in [1.807, 2.05) is 24.3 Å². The second-order valence-corrected chi connectivity index (χ2v) is 7.26. The minimum atomic E-state index is 0.0108. The summed E-state index contributed by atoms with van der Waals surface area (Å²) in [6.07, 6.45) is 3.98. The van der Waals surface area contributed by atoms with E-state index in [0.29, 0.717) is 31.5 Å². The molecule has 0 bridgehead atoms. The minimum Gasteiger partial charge on any atom is -0.349 e. The molecule has 5 heteroatoms. The fourth-order valence-corrected chi connectivity index (χ4v) is 3.41. The molecule has 0 spiro atoms. The monoisotopic (exact) mass is 358 g/mol. The van der Waals surface area contributed by atoms with Gasteiger partial charge in [0.05, 0.1) is 0 Å². The van der Waals surface area contributed by atoms with Gasteiger partial charge in [0.15, 0.2) is 5.78 Å². The molecule has 1 heterocycles. The topological polar surface area (TPSA) is 57.7 Å². The number of piperidine rings is 1. The summed E-state index contributed by atoms with van der Waals surface area (Å²) in [6, 6.07) is 7.70. The number of benzene rings is 1. The van der Waals surface area contributed by atoms with Crippen LogP contribution in [0.5, 0.6) is 0 Å². The summed E-state index contributed by atoms with van der Waals surface area (Å²) >= 11 is 0. The van der Waals surface area contributed by atoms with Crippen molar-refractivity contribution in [3.63, 3.8) is 0 Å². The van der Waals surface area contributed by atoms with Crippen LogP contribution in [-0.4, -0.2) is 54.6 Å². The smallest absolute Gasteiger partial charge is 0.225 e. The van der Waals surface area contributed by atoms with Gasteiger partial charge in [0.25, 0.3) is 0 Å². The largest absolute Gasteiger partial charge is 0.349 e. The number of ketones is 1. The molecule has 142 valence electrons. The van der Waals surface area contributed by atoms with Gasteiger partial charge in [-0.05, 0) is 24.8 Å². The van der Waals surface area contributed by atoms with Crippen LogP contribution in [0.4, 0.5) is 0 Å². The van der Waals surface area contributed by atoms with Crippen LogP contribution in [0.2, 0.25) is 0 Å². The van der Waals surface area contributed by atoms with E-state index in [2.05, 4.69) is 6.92 Å². The maximum Gasteiger partial charge on any atom is 0.225 e. The van der Waals surface area contributed by atoms with Crippen molar-refractivity contribution in [2.24, 2.45) is 5.92 Å². The Morgan fingerprint density at radius 1 is 1.04 bits per heavy atom. The predicted octanol–water partition coefficient (Wildman–Crippen LogP) is 2.93. The number of carbonyl (C=O) groups is 3. The van der Waals surface area contributed by atoms with Crippen LogP contribution in [-0.2, 0) is 16.0 Å². The van der Waals surface area contributed by atoms with Crippen molar-refractivity contribution < 1.29 is 14.4 Å². The Balaban J connectivity index is 1.78. The molecule has 0 atom stereocenters. The van der Waals surface area contributed by atoms with E-state index in [1.54, 1.807) is 23.9 Å².